The van der Waals surface area contributed by atoms with Crippen molar-refractivity contribution in [1.82, 2.24) is 10.2 Å². The van der Waals surface area contributed by atoms with Gasteiger partial charge < -0.3 is 14.8 Å². The van der Waals surface area contributed by atoms with Gasteiger partial charge in [0.1, 0.15) is 11.6 Å². The Morgan fingerprint density at radius 2 is 2.43 bits per heavy atom. The van der Waals surface area contributed by atoms with Gasteiger partial charge in [-0.15, -0.1) is 0 Å². The van der Waals surface area contributed by atoms with Gasteiger partial charge in [-0.1, -0.05) is 6.07 Å². The average Bonchev–Trinajstić information content (AvgIpc) is 2.89. The number of nitrogens with one attached hydrogen (secondary N) is 2. The largest absolute Gasteiger partial charge is 0.484 e. The molecule has 0 spiro atoms. The minimum absolute atomic E-state index is 0.216. The molecule has 1 aromatic carbocycles. The third kappa shape index (κ3) is 3.19. The van der Waals surface area contributed by atoms with E-state index in [9.17, 15) is 9.18 Å². The van der Waals surface area contributed by atoms with E-state index in [-0.39, 0.29) is 12.5 Å². The number of halogens is 1. The van der Waals surface area contributed by atoms with Crippen molar-refractivity contribution in [3.8, 4) is 5.75 Å². The Morgan fingerprint density at radius 3 is 3.29 bits per heavy atom. The van der Waals surface area contributed by atoms with Gasteiger partial charge in [0.15, 0.2) is 12.4 Å². The molecule has 0 radical (unpaired) electrons. The number of aromatic nitrogens is 2. The molecular weight excluding hydrogens is 277 g/mol. The van der Waals surface area contributed by atoms with Crippen LogP contribution in [0.25, 0.3) is 0 Å². The lowest BCUT2D eigenvalue weighted by Crippen LogP contribution is -2.21. The molecule has 0 bridgehead atoms. The number of anilines is 1. The average molecular weight is 291 g/mol. The molecular formula is C14H14FN3O3. The number of carbonyl (C=O) groups excluding carboxylic acids is 1. The summed E-state index contributed by atoms with van der Waals surface area (Å²) in [6, 6.07) is 5.63. The summed E-state index contributed by atoms with van der Waals surface area (Å²) in [6.07, 6.45) is 0.748. The van der Waals surface area contributed by atoms with E-state index in [2.05, 4.69) is 15.5 Å². The lowest BCUT2D eigenvalue weighted by atomic mass is 10.1. The second kappa shape index (κ2) is 5.92. The van der Waals surface area contributed by atoms with E-state index < -0.39 is 5.82 Å². The van der Waals surface area contributed by atoms with Gasteiger partial charge in [0.2, 0.25) is 0 Å². The molecule has 1 aliphatic heterocycles. The molecule has 1 amide bonds. The van der Waals surface area contributed by atoms with Gasteiger partial charge in [-0.25, -0.2) is 4.39 Å². The van der Waals surface area contributed by atoms with Crippen molar-refractivity contribution in [3.63, 3.8) is 0 Å². The van der Waals surface area contributed by atoms with Gasteiger partial charge in [-0.3, -0.25) is 9.89 Å². The molecule has 0 atom stereocenters. The monoisotopic (exact) mass is 291 g/mol. The summed E-state index contributed by atoms with van der Waals surface area (Å²) < 4.78 is 23.5. The Balaban J connectivity index is 1.58. The van der Waals surface area contributed by atoms with Crippen LogP contribution in [0.15, 0.2) is 24.3 Å². The van der Waals surface area contributed by atoms with Crippen molar-refractivity contribution in [2.24, 2.45) is 0 Å². The van der Waals surface area contributed by atoms with Crippen molar-refractivity contribution in [3.05, 3.63) is 41.3 Å². The number of ether oxygens (including phenoxy) is 2. The first kappa shape index (κ1) is 13.6. The zero-order chi connectivity index (χ0) is 14.7. The van der Waals surface area contributed by atoms with Crippen molar-refractivity contribution in [2.75, 3.05) is 18.5 Å². The second-order valence-corrected chi connectivity index (χ2v) is 4.63. The summed E-state index contributed by atoms with van der Waals surface area (Å²) in [5.41, 5.74) is 1.84. The topological polar surface area (TPSA) is 76.2 Å². The Labute approximate surface area is 120 Å². The highest BCUT2D eigenvalue weighted by molar-refractivity contribution is 5.91. The number of carbonyl (C=O) groups is 1. The minimum Gasteiger partial charge on any atom is -0.484 e. The van der Waals surface area contributed by atoms with Gasteiger partial charge >= 0.3 is 0 Å². The first-order chi connectivity index (χ1) is 10.2. The summed E-state index contributed by atoms with van der Waals surface area (Å²) in [7, 11) is 0. The summed E-state index contributed by atoms with van der Waals surface area (Å²) >= 11 is 0. The quantitative estimate of drug-likeness (QED) is 0.898. The Morgan fingerprint density at radius 1 is 1.52 bits per heavy atom. The number of amides is 1. The molecule has 0 fully saturated rings. The number of H-pyrrole nitrogens is 1. The number of rotatable bonds is 4. The number of aromatic amines is 1. The van der Waals surface area contributed by atoms with Crippen LogP contribution in [0, 0.1) is 5.82 Å². The predicted octanol–water partition coefficient (Wildman–Crippen LogP) is 1.64. The van der Waals surface area contributed by atoms with E-state index in [1.807, 2.05) is 0 Å². The first-order valence-corrected chi connectivity index (χ1v) is 6.54. The van der Waals surface area contributed by atoms with Crippen LogP contribution in [0.1, 0.15) is 11.3 Å². The smallest absolute Gasteiger partial charge is 0.263 e. The van der Waals surface area contributed by atoms with Crippen LogP contribution in [-0.4, -0.2) is 29.3 Å². The van der Waals surface area contributed by atoms with Gasteiger partial charge in [0.05, 0.1) is 13.2 Å². The van der Waals surface area contributed by atoms with Crippen molar-refractivity contribution >= 4 is 11.7 Å². The van der Waals surface area contributed by atoms with Gasteiger partial charge in [0.25, 0.3) is 5.91 Å². The number of fused-ring (bicyclic) bond motifs is 1. The van der Waals surface area contributed by atoms with E-state index in [4.69, 9.17) is 9.47 Å². The summed E-state index contributed by atoms with van der Waals surface area (Å²) in [5, 5.41) is 9.59. The van der Waals surface area contributed by atoms with Gasteiger partial charge in [-0.05, 0) is 12.1 Å². The maximum Gasteiger partial charge on any atom is 0.263 e. The molecule has 6 nitrogen and oxygen atoms in total. The molecule has 3 rings (SSSR count). The third-order valence-corrected chi connectivity index (χ3v) is 3.12. The number of benzene rings is 1. The van der Waals surface area contributed by atoms with E-state index >= 15 is 0 Å². The fourth-order valence-electron chi connectivity index (χ4n) is 2.09. The molecule has 0 saturated heterocycles. The second-order valence-electron chi connectivity index (χ2n) is 4.63. The molecule has 110 valence electrons. The molecule has 0 aliphatic carbocycles. The van der Waals surface area contributed by atoms with Crippen LogP contribution >= 0.6 is 0 Å². The summed E-state index contributed by atoms with van der Waals surface area (Å²) in [6.45, 7) is 0.851. The summed E-state index contributed by atoms with van der Waals surface area (Å²) in [5.74, 6) is -0.0133. The fraction of sp³-hybridized carbons (Fsp3) is 0.286. The lowest BCUT2D eigenvalue weighted by molar-refractivity contribution is -0.118. The molecule has 2 aromatic rings. The van der Waals surface area contributed by atoms with Crippen molar-refractivity contribution in [1.29, 1.82) is 0 Å². The van der Waals surface area contributed by atoms with E-state index in [1.54, 1.807) is 6.07 Å². The van der Waals surface area contributed by atoms with Crippen LogP contribution in [0.4, 0.5) is 10.2 Å². The van der Waals surface area contributed by atoms with Crippen LogP contribution in [0.5, 0.6) is 5.75 Å². The van der Waals surface area contributed by atoms with Crippen LogP contribution in [-0.2, 0) is 22.6 Å². The zero-order valence-electron chi connectivity index (χ0n) is 11.2. The minimum atomic E-state index is -0.411. The SMILES string of the molecule is O=C(COc1cccc(F)c1)Nc1n[nH]c2c1COCC2. The third-order valence-electron chi connectivity index (χ3n) is 3.12. The van der Waals surface area contributed by atoms with E-state index in [0.29, 0.717) is 24.8 Å². The van der Waals surface area contributed by atoms with Crippen LogP contribution in [0.2, 0.25) is 0 Å². The van der Waals surface area contributed by atoms with Gasteiger partial charge in [0, 0.05) is 23.7 Å². The molecule has 1 aromatic heterocycles. The van der Waals surface area contributed by atoms with Crippen molar-refractivity contribution < 1.29 is 18.7 Å². The normalized spacial score (nSPS) is 13.6. The molecule has 7 heteroatoms. The summed E-state index contributed by atoms with van der Waals surface area (Å²) in [4.78, 5) is 11.8. The maximum atomic E-state index is 13.0. The van der Waals surface area contributed by atoms with Crippen LogP contribution < -0.4 is 10.1 Å². The molecule has 2 heterocycles. The lowest BCUT2D eigenvalue weighted by Gasteiger charge is -2.12. The first-order valence-electron chi connectivity index (χ1n) is 6.54. The zero-order valence-corrected chi connectivity index (χ0v) is 11.2. The standard InChI is InChI=1S/C14H14FN3O3/c15-9-2-1-3-10(6-9)21-8-13(19)16-14-11-7-20-5-4-12(11)17-18-14/h1-3,6H,4-5,7-8H2,(H2,16,17,18,19). The molecule has 21 heavy (non-hydrogen) atoms. The maximum absolute atomic E-state index is 13.0. The Kier molecular flexibility index (Phi) is 3.83. The van der Waals surface area contributed by atoms with Gasteiger partial charge in [-0.2, -0.15) is 5.10 Å². The highest BCUT2D eigenvalue weighted by Gasteiger charge is 2.18. The van der Waals surface area contributed by atoms with E-state index in [0.717, 1.165) is 17.7 Å². The molecule has 1 aliphatic rings. The number of hydrogen-bond acceptors (Lipinski definition) is 4. The Bertz CT molecular complexity index is 657. The molecule has 0 unspecified atom stereocenters. The highest BCUT2D eigenvalue weighted by Crippen LogP contribution is 2.21. The Hall–Kier alpha value is -2.41. The van der Waals surface area contributed by atoms with Crippen LogP contribution in [0.3, 0.4) is 0 Å². The van der Waals surface area contributed by atoms with Crippen molar-refractivity contribution in [2.45, 2.75) is 13.0 Å². The fourth-order valence-corrected chi connectivity index (χ4v) is 2.09. The number of nitrogens with zero attached hydrogens (tertiary/aromatic N) is 1. The van der Waals surface area contributed by atoms with E-state index in [1.165, 1.54) is 18.2 Å². The molecule has 0 saturated carbocycles. The number of hydrogen-bond donors (Lipinski definition) is 2. The predicted molar refractivity (Wildman–Crippen MR) is 72.5 cm³/mol. The highest BCUT2D eigenvalue weighted by atomic mass is 19.1. The molecule has 2 N–H and O–H groups in total.